The fraction of sp³-hybridized carbons (Fsp3) is 0.763. The van der Waals surface area contributed by atoms with E-state index in [2.05, 4.69) is 26.6 Å². The molecule has 0 radical (unpaired) electrons. The van der Waals surface area contributed by atoms with Crippen LogP contribution in [-0.2, 0) is 81.0 Å². The van der Waals surface area contributed by atoms with Crippen molar-refractivity contribution in [1.82, 2.24) is 31.9 Å². The molecule has 8 N–H and O–H groups in total. The summed E-state index contributed by atoms with van der Waals surface area (Å²) >= 11 is 0. The Bertz CT molecular complexity index is 1360. The summed E-state index contributed by atoms with van der Waals surface area (Å²) in [6, 6.07) is -2.37. The second kappa shape index (κ2) is 39.9. The fourth-order valence-electron chi connectivity index (χ4n) is 4.64. The maximum atomic E-state index is 12.6. The highest BCUT2D eigenvalue weighted by atomic mass is 16.5. The molecule has 0 spiro atoms. The summed E-state index contributed by atoms with van der Waals surface area (Å²) in [5.74, 6) is -6.03. The molecule has 362 valence electrons. The van der Waals surface area contributed by atoms with Crippen molar-refractivity contribution in [2.24, 2.45) is 0 Å². The molecule has 0 aromatic rings. The Kier molecular flexibility index (Phi) is 36.8. The zero-order valence-electron chi connectivity index (χ0n) is 36.2. The van der Waals surface area contributed by atoms with Crippen molar-refractivity contribution >= 4 is 53.2 Å². The van der Waals surface area contributed by atoms with Gasteiger partial charge < -0.3 is 80.0 Å². The molecule has 0 unspecified atom stereocenters. The topological polar surface area (TPSA) is 340 Å². The molecule has 6 amide bonds. The van der Waals surface area contributed by atoms with E-state index in [1.165, 1.54) is 6.92 Å². The number of hydrogen-bond donors (Lipinski definition) is 8. The number of ketones is 1. The second-order valence-corrected chi connectivity index (χ2v) is 13.2. The van der Waals surface area contributed by atoms with Gasteiger partial charge in [0.25, 0.3) is 0 Å². The molecule has 0 aromatic heterocycles. The average Bonchev–Trinajstić information content (AvgIpc) is 3.22. The van der Waals surface area contributed by atoms with Gasteiger partial charge in [0.1, 0.15) is 44.9 Å². The van der Waals surface area contributed by atoms with Crippen molar-refractivity contribution in [3.05, 3.63) is 0 Å². The molecular formula is C38H66N6O19. The molecule has 0 saturated carbocycles. The van der Waals surface area contributed by atoms with E-state index in [1.807, 2.05) is 12.2 Å². The summed E-state index contributed by atoms with van der Waals surface area (Å²) in [6.07, 6.45) is -0.694. The van der Waals surface area contributed by atoms with Crippen LogP contribution in [0.15, 0.2) is 0 Å². The molecule has 0 fully saturated rings. The van der Waals surface area contributed by atoms with Crippen molar-refractivity contribution in [2.75, 3.05) is 132 Å². The van der Waals surface area contributed by atoms with Crippen LogP contribution in [-0.4, -0.2) is 207 Å². The van der Waals surface area contributed by atoms with E-state index in [9.17, 15) is 48.3 Å². The molecule has 0 aromatic carbocycles. The lowest BCUT2D eigenvalue weighted by Crippen LogP contribution is -2.48. The highest BCUT2D eigenvalue weighted by Crippen LogP contribution is 2.03. The normalized spacial score (nSPS) is 11.8. The lowest BCUT2D eigenvalue weighted by molar-refractivity contribution is -0.145. The van der Waals surface area contributed by atoms with E-state index in [0.717, 1.165) is 0 Å². The monoisotopic (exact) mass is 910 g/mol. The van der Waals surface area contributed by atoms with Crippen LogP contribution in [0.25, 0.3) is 0 Å². The van der Waals surface area contributed by atoms with Gasteiger partial charge in [0, 0.05) is 32.6 Å². The Balaban J connectivity index is 3.74. The van der Waals surface area contributed by atoms with Crippen molar-refractivity contribution in [3.8, 4) is 0 Å². The Morgan fingerprint density at radius 1 is 0.444 bits per heavy atom. The van der Waals surface area contributed by atoms with Gasteiger partial charge >= 0.3 is 11.9 Å². The van der Waals surface area contributed by atoms with Gasteiger partial charge in [0.15, 0.2) is 5.78 Å². The summed E-state index contributed by atoms with van der Waals surface area (Å²) in [7, 11) is 0. The molecule has 63 heavy (non-hydrogen) atoms. The molecule has 0 aliphatic carbocycles. The highest BCUT2D eigenvalue weighted by molar-refractivity contribution is 5.95. The second-order valence-electron chi connectivity index (χ2n) is 13.2. The zero-order valence-corrected chi connectivity index (χ0v) is 36.2. The van der Waals surface area contributed by atoms with Gasteiger partial charge in [0.2, 0.25) is 35.4 Å². The number of carbonyl (C=O) groups excluding carboxylic acids is 7. The maximum Gasteiger partial charge on any atom is 0.326 e. The molecule has 25 heteroatoms. The Hall–Kier alpha value is -4.89. The standard InChI is InChI=1S/C38H66N6O19/c1-3-4-29(43-31(46)6-5-30(38(54)55)44-32(47)23-36(51)52)37(53)42-10-14-59-18-22-63-27-35(50)41-9-13-58-17-21-62-26-34(49)40-8-12-57-16-20-61-25-33(48)39-7-11-56-15-19-60-24-28(2)45/h29-30H,3-27H2,1-2H3,(H,39,48)(H,40,49)(H,41,50)(H,42,53)(H,43,46)(H,44,47)(H,51,52)(H,54,55)/t29-,30-/m0/s1. The molecule has 0 aliphatic rings. The van der Waals surface area contributed by atoms with E-state index < -0.39 is 48.2 Å². The number of amides is 6. The first-order chi connectivity index (χ1) is 30.2. The Morgan fingerprint density at radius 3 is 1.21 bits per heavy atom. The third-order valence-corrected chi connectivity index (χ3v) is 7.58. The lowest BCUT2D eigenvalue weighted by atomic mass is 10.1. The molecule has 0 saturated heterocycles. The molecule has 25 nitrogen and oxygen atoms in total. The SMILES string of the molecule is CCC[C@H](NC(=O)CC[C@H](NC(=O)CC(=O)O)C(=O)O)C(=O)NCCOCCOCC(=O)NCCOCCOCC(=O)NCCOCCOCC(=O)NCCOCCOCC(C)=O. The van der Waals surface area contributed by atoms with Crippen molar-refractivity contribution in [2.45, 2.75) is 58.0 Å². The van der Waals surface area contributed by atoms with Gasteiger partial charge in [0.05, 0.1) is 79.3 Å². The molecule has 2 atom stereocenters. The highest BCUT2D eigenvalue weighted by Gasteiger charge is 2.24. The number of nitrogens with one attached hydrogen (secondary N) is 6. The quantitative estimate of drug-likeness (QED) is 0.0215. The van der Waals surface area contributed by atoms with E-state index in [-0.39, 0.29) is 142 Å². The van der Waals surface area contributed by atoms with E-state index in [1.54, 1.807) is 0 Å². The van der Waals surface area contributed by atoms with E-state index >= 15 is 0 Å². The number of hydrogen-bond acceptors (Lipinski definition) is 17. The van der Waals surface area contributed by atoms with Gasteiger partial charge in [-0.15, -0.1) is 0 Å². The summed E-state index contributed by atoms with van der Waals surface area (Å²) in [4.78, 5) is 105. The minimum atomic E-state index is -1.47. The number of carboxylic acid groups (broad SMARTS) is 2. The predicted molar refractivity (Wildman–Crippen MR) is 217 cm³/mol. The molecule has 0 bridgehead atoms. The van der Waals surface area contributed by atoms with Crippen LogP contribution in [0.5, 0.6) is 0 Å². The minimum absolute atomic E-state index is 0.0487. The molecular weight excluding hydrogens is 844 g/mol. The number of rotatable bonds is 43. The third kappa shape index (κ3) is 38.5. The maximum absolute atomic E-state index is 12.6. The smallest absolute Gasteiger partial charge is 0.326 e. The first-order valence-corrected chi connectivity index (χ1v) is 20.5. The van der Waals surface area contributed by atoms with Crippen molar-refractivity contribution < 1.29 is 91.3 Å². The van der Waals surface area contributed by atoms with E-state index in [4.69, 9.17) is 43.0 Å². The number of carboxylic acids is 2. The zero-order chi connectivity index (χ0) is 46.9. The largest absolute Gasteiger partial charge is 0.481 e. The minimum Gasteiger partial charge on any atom is -0.481 e. The van der Waals surface area contributed by atoms with Crippen LogP contribution in [0.3, 0.4) is 0 Å². The van der Waals surface area contributed by atoms with Gasteiger partial charge in [-0.05, 0) is 19.8 Å². The Labute approximate surface area is 365 Å². The summed E-state index contributed by atoms with van der Waals surface area (Å²) in [6.45, 7) is 6.23. The predicted octanol–water partition coefficient (Wildman–Crippen LogP) is -3.72. The van der Waals surface area contributed by atoms with Crippen LogP contribution in [0.1, 0.15) is 46.0 Å². The summed E-state index contributed by atoms with van der Waals surface area (Å²) in [5, 5.41) is 33.0. The van der Waals surface area contributed by atoms with Gasteiger partial charge in [-0.3, -0.25) is 38.4 Å². The molecule has 0 aliphatic heterocycles. The molecule has 0 heterocycles. The van der Waals surface area contributed by atoms with Gasteiger partial charge in [-0.25, -0.2) is 4.79 Å². The average molecular weight is 911 g/mol. The van der Waals surface area contributed by atoms with Crippen molar-refractivity contribution in [3.63, 3.8) is 0 Å². The number of Topliss-reactive ketones (excluding diaryl/α,β-unsaturated/α-hetero) is 1. The van der Waals surface area contributed by atoms with Gasteiger partial charge in [-0.1, -0.05) is 13.3 Å². The van der Waals surface area contributed by atoms with Crippen LogP contribution in [0.4, 0.5) is 0 Å². The number of aliphatic carboxylic acids is 2. The van der Waals surface area contributed by atoms with Crippen LogP contribution >= 0.6 is 0 Å². The van der Waals surface area contributed by atoms with Crippen LogP contribution < -0.4 is 31.9 Å². The lowest BCUT2D eigenvalue weighted by Gasteiger charge is -2.19. The summed E-state index contributed by atoms with van der Waals surface area (Å²) in [5.41, 5.74) is 0. The molecule has 0 rings (SSSR count). The van der Waals surface area contributed by atoms with Crippen molar-refractivity contribution in [1.29, 1.82) is 0 Å². The first-order valence-electron chi connectivity index (χ1n) is 20.5. The summed E-state index contributed by atoms with van der Waals surface area (Å²) < 4.78 is 42.2. The number of carbonyl (C=O) groups is 9. The fourth-order valence-corrected chi connectivity index (χ4v) is 4.64. The first kappa shape index (κ1) is 58.1. The third-order valence-electron chi connectivity index (χ3n) is 7.58. The van der Waals surface area contributed by atoms with Gasteiger partial charge in [-0.2, -0.15) is 0 Å². The van der Waals surface area contributed by atoms with E-state index in [0.29, 0.717) is 39.2 Å². The number of ether oxygens (including phenoxy) is 8. The van der Waals surface area contributed by atoms with Crippen LogP contribution in [0.2, 0.25) is 0 Å². The van der Waals surface area contributed by atoms with Crippen LogP contribution in [0, 0.1) is 0 Å². The Morgan fingerprint density at radius 2 is 0.825 bits per heavy atom.